The Hall–Kier alpha value is -1.51. The minimum absolute atomic E-state index is 0.00443. The number of halogens is 3. The van der Waals surface area contributed by atoms with E-state index in [4.69, 9.17) is 14.2 Å². The Morgan fingerprint density at radius 1 is 1.26 bits per heavy atom. The first-order chi connectivity index (χ1) is 14.5. The van der Waals surface area contributed by atoms with E-state index in [0.29, 0.717) is 31.5 Å². The van der Waals surface area contributed by atoms with E-state index in [1.54, 1.807) is 6.07 Å². The zero-order valence-electron chi connectivity index (χ0n) is 18.6. The van der Waals surface area contributed by atoms with Crippen molar-refractivity contribution in [3.8, 4) is 11.5 Å². The summed E-state index contributed by atoms with van der Waals surface area (Å²) in [6.07, 6.45) is -0.473. The van der Waals surface area contributed by atoms with E-state index >= 15 is 4.39 Å². The lowest BCUT2D eigenvalue weighted by atomic mass is 9.82. The van der Waals surface area contributed by atoms with Crippen molar-refractivity contribution in [2.24, 2.45) is 5.92 Å². The van der Waals surface area contributed by atoms with Crippen LogP contribution in [0.25, 0.3) is 0 Å². The fraction of sp³-hybridized carbons (Fsp3) is 0.739. The molecule has 3 aliphatic rings. The Bertz CT molecular complexity index is 818. The highest BCUT2D eigenvalue weighted by molar-refractivity contribution is 5.51. The fourth-order valence-electron chi connectivity index (χ4n) is 5.01. The number of benzene rings is 1. The number of aliphatic hydroxyl groups excluding tert-OH is 1. The summed E-state index contributed by atoms with van der Waals surface area (Å²) in [5, 5.41) is 10.7. The first kappa shape index (κ1) is 22.7. The van der Waals surface area contributed by atoms with Gasteiger partial charge < -0.3 is 19.3 Å². The van der Waals surface area contributed by atoms with Crippen LogP contribution in [0.5, 0.6) is 11.5 Å². The molecule has 1 saturated carbocycles. The molecule has 4 rings (SSSR count). The largest absolute Gasteiger partial charge is 0.493 e. The van der Waals surface area contributed by atoms with E-state index in [1.165, 1.54) is 7.11 Å². The number of nitrogens with zero attached hydrogens (tertiary/aromatic N) is 1. The molecule has 8 heteroatoms. The maximum atomic E-state index is 15.4. The van der Waals surface area contributed by atoms with Crippen molar-refractivity contribution in [2.45, 2.75) is 76.2 Å². The van der Waals surface area contributed by atoms with Gasteiger partial charge in [-0.2, -0.15) is 0 Å². The molecule has 0 aromatic heterocycles. The standard InChI is InChI=1S/C23H32F3NO4/c1-22(2,3)31-19-11-27-6-5-14-15(16(27)8-17(19)28)7-18(29-4)21(20(14)24)30-12-13-9-23(25,26)10-13/h7,13,16-17,19,28H,5-6,8-12H2,1-4H3/t16-,17-,19-/m1/s1. The van der Waals surface area contributed by atoms with Crippen LogP contribution >= 0.6 is 0 Å². The fourth-order valence-corrected chi connectivity index (χ4v) is 5.01. The molecule has 1 aromatic carbocycles. The average Bonchev–Trinajstić information content (AvgIpc) is 2.64. The second-order valence-electron chi connectivity index (χ2n) is 10.1. The van der Waals surface area contributed by atoms with Gasteiger partial charge in [-0.05, 0) is 50.8 Å². The molecule has 1 N–H and O–H groups in total. The van der Waals surface area contributed by atoms with Gasteiger partial charge in [-0.25, -0.2) is 13.2 Å². The van der Waals surface area contributed by atoms with Crippen LogP contribution in [-0.4, -0.2) is 60.5 Å². The third-order valence-electron chi connectivity index (χ3n) is 6.44. The molecule has 2 aliphatic heterocycles. The predicted octanol–water partition coefficient (Wildman–Crippen LogP) is 4.11. The summed E-state index contributed by atoms with van der Waals surface area (Å²) in [6.45, 7) is 7.14. The van der Waals surface area contributed by atoms with E-state index in [9.17, 15) is 13.9 Å². The summed E-state index contributed by atoms with van der Waals surface area (Å²) < 4.78 is 58.7. The molecule has 0 spiro atoms. The lowest BCUT2D eigenvalue weighted by Gasteiger charge is -2.47. The van der Waals surface area contributed by atoms with Gasteiger partial charge in [-0.15, -0.1) is 0 Å². The maximum Gasteiger partial charge on any atom is 0.248 e. The molecule has 0 unspecified atom stereocenters. The molecule has 1 aliphatic carbocycles. The van der Waals surface area contributed by atoms with Gasteiger partial charge in [-0.1, -0.05) is 0 Å². The van der Waals surface area contributed by atoms with Crippen molar-refractivity contribution in [1.82, 2.24) is 4.90 Å². The molecular formula is C23H32F3NO4. The number of hydrogen-bond donors (Lipinski definition) is 1. The van der Waals surface area contributed by atoms with Gasteiger partial charge in [-0.3, -0.25) is 4.90 Å². The minimum Gasteiger partial charge on any atom is -0.493 e. The van der Waals surface area contributed by atoms with Crippen molar-refractivity contribution >= 4 is 0 Å². The molecule has 174 valence electrons. The summed E-state index contributed by atoms with van der Waals surface area (Å²) in [4.78, 5) is 2.22. The monoisotopic (exact) mass is 443 g/mol. The van der Waals surface area contributed by atoms with E-state index in [0.717, 1.165) is 5.56 Å². The zero-order valence-corrected chi connectivity index (χ0v) is 18.6. The molecule has 0 amide bonds. The maximum absolute atomic E-state index is 15.4. The van der Waals surface area contributed by atoms with Crippen molar-refractivity contribution in [1.29, 1.82) is 0 Å². The number of alkyl halides is 2. The van der Waals surface area contributed by atoms with Gasteiger partial charge in [0.2, 0.25) is 5.92 Å². The predicted molar refractivity (Wildman–Crippen MR) is 109 cm³/mol. The van der Waals surface area contributed by atoms with Crippen LogP contribution < -0.4 is 9.47 Å². The topological polar surface area (TPSA) is 51.2 Å². The number of hydrogen-bond acceptors (Lipinski definition) is 5. The van der Waals surface area contributed by atoms with Gasteiger partial charge in [0.05, 0.1) is 31.5 Å². The molecule has 31 heavy (non-hydrogen) atoms. The van der Waals surface area contributed by atoms with E-state index in [-0.39, 0.29) is 54.6 Å². The molecule has 0 bridgehead atoms. The minimum atomic E-state index is -2.63. The lowest BCUT2D eigenvalue weighted by Crippen LogP contribution is -2.53. The Balaban J connectivity index is 1.54. The molecular weight excluding hydrogens is 411 g/mol. The summed E-state index contributed by atoms with van der Waals surface area (Å²) in [5.74, 6) is -3.14. The van der Waals surface area contributed by atoms with Crippen molar-refractivity contribution < 1.29 is 32.5 Å². The van der Waals surface area contributed by atoms with Gasteiger partial charge in [0.1, 0.15) is 0 Å². The summed E-state index contributed by atoms with van der Waals surface area (Å²) in [7, 11) is 1.44. The zero-order chi connectivity index (χ0) is 22.6. The second kappa shape index (κ2) is 8.12. The van der Waals surface area contributed by atoms with E-state index in [2.05, 4.69) is 4.90 Å². The number of ether oxygens (including phenoxy) is 3. The molecule has 0 radical (unpaired) electrons. The quantitative estimate of drug-likeness (QED) is 0.743. The Labute approximate surface area is 181 Å². The summed E-state index contributed by atoms with van der Waals surface area (Å²) in [5.41, 5.74) is 0.979. The SMILES string of the molecule is COc1cc2c(c(F)c1OCC1CC(F)(F)C1)CCN1C[C@@H](OC(C)(C)C)[C@H](O)C[C@H]21. The molecule has 2 heterocycles. The highest BCUT2D eigenvalue weighted by Gasteiger charge is 2.46. The number of aliphatic hydroxyl groups is 1. The third kappa shape index (κ3) is 4.66. The highest BCUT2D eigenvalue weighted by atomic mass is 19.3. The Morgan fingerprint density at radius 3 is 2.58 bits per heavy atom. The third-order valence-corrected chi connectivity index (χ3v) is 6.44. The van der Waals surface area contributed by atoms with Crippen molar-refractivity contribution in [2.75, 3.05) is 26.8 Å². The van der Waals surface area contributed by atoms with Crippen molar-refractivity contribution in [3.05, 3.63) is 23.0 Å². The smallest absolute Gasteiger partial charge is 0.248 e. The van der Waals surface area contributed by atoms with E-state index < -0.39 is 17.8 Å². The Morgan fingerprint density at radius 2 is 1.97 bits per heavy atom. The highest BCUT2D eigenvalue weighted by Crippen LogP contribution is 2.46. The molecule has 5 nitrogen and oxygen atoms in total. The first-order valence-electron chi connectivity index (χ1n) is 11.0. The van der Waals surface area contributed by atoms with Crippen LogP contribution in [-0.2, 0) is 11.2 Å². The number of rotatable bonds is 5. The molecule has 3 atom stereocenters. The first-order valence-corrected chi connectivity index (χ1v) is 11.0. The molecule has 2 fully saturated rings. The van der Waals surface area contributed by atoms with E-state index in [1.807, 2.05) is 20.8 Å². The average molecular weight is 444 g/mol. The molecule has 1 saturated heterocycles. The van der Waals surface area contributed by atoms with Crippen LogP contribution in [0.15, 0.2) is 6.07 Å². The number of piperidine rings is 1. The van der Waals surface area contributed by atoms with Crippen LogP contribution in [0.3, 0.4) is 0 Å². The normalized spacial score (nSPS) is 28.5. The molecule has 1 aromatic rings. The lowest BCUT2D eigenvalue weighted by molar-refractivity contribution is -0.149. The van der Waals surface area contributed by atoms with Gasteiger partial charge in [0.25, 0.3) is 0 Å². The number of fused-ring (bicyclic) bond motifs is 3. The van der Waals surface area contributed by atoms with Crippen molar-refractivity contribution in [3.63, 3.8) is 0 Å². The van der Waals surface area contributed by atoms with Gasteiger partial charge in [0, 0.05) is 37.9 Å². The van der Waals surface area contributed by atoms with Crippen LogP contribution in [0.1, 0.15) is 57.2 Å². The summed E-state index contributed by atoms with van der Waals surface area (Å²) >= 11 is 0. The van der Waals surface area contributed by atoms with Gasteiger partial charge >= 0.3 is 0 Å². The van der Waals surface area contributed by atoms with Gasteiger partial charge in [0.15, 0.2) is 17.3 Å². The van der Waals surface area contributed by atoms with Crippen LogP contribution in [0.2, 0.25) is 0 Å². The van der Waals surface area contributed by atoms with Crippen LogP contribution in [0, 0.1) is 11.7 Å². The number of methoxy groups -OCH3 is 1. The van der Waals surface area contributed by atoms with Crippen LogP contribution in [0.4, 0.5) is 13.2 Å². The Kier molecular flexibility index (Phi) is 5.94. The summed E-state index contributed by atoms with van der Waals surface area (Å²) in [6, 6.07) is 1.64. The second-order valence-corrected chi connectivity index (χ2v) is 10.1.